The van der Waals surface area contributed by atoms with Crippen molar-refractivity contribution in [2.45, 2.75) is 33.1 Å². The van der Waals surface area contributed by atoms with Crippen molar-refractivity contribution in [3.05, 3.63) is 0 Å². The SMILES string of the molecule is CCOC(=O)C(C)CC1CCNCC1. The molecule has 3 heteroatoms. The second kappa shape index (κ2) is 6.02. The van der Waals surface area contributed by atoms with Crippen molar-refractivity contribution in [2.24, 2.45) is 11.8 Å². The fourth-order valence-corrected chi connectivity index (χ4v) is 2.00. The molecular formula is C11H21NO2. The van der Waals surface area contributed by atoms with Gasteiger partial charge in [-0.05, 0) is 45.2 Å². The molecule has 1 heterocycles. The largest absolute Gasteiger partial charge is 0.466 e. The molecular weight excluding hydrogens is 178 g/mol. The van der Waals surface area contributed by atoms with Crippen molar-refractivity contribution < 1.29 is 9.53 Å². The highest BCUT2D eigenvalue weighted by Gasteiger charge is 2.21. The lowest BCUT2D eigenvalue weighted by molar-refractivity contribution is -0.148. The van der Waals surface area contributed by atoms with Crippen LogP contribution in [0.25, 0.3) is 0 Å². The lowest BCUT2D eigenvalue weighted by Gasteiger charge is -2.24. The molecule has 0 saturated carbocycles. The molecule has 0 aromatic carbocycles. The molecule has 1 saturated heterocycles. The van der Waals surface area contributed by atoms with Crippen LogP contribution in [-0.2, 0) is 9.53 Å². The van der Waals surface area contributed by atoms with Gasteiger partial charge in [0.15, 0.2) is 0 Å². The second-order valence-corrected chi connectivity index (χ2v) is 4.08. The summed E-state index contributed by atoms with van der Waals surface area (Å²) in [6.45, 7) is 6.52. The number of hydrogen-bond acceptors (Lipinski definition) is 3. The number of carbonyl (C=O) groups is 1. The van der Waals surface area contributed by atoms with Gasteiger partial charge in [-0.2, -0.15) is 0 Å². The molecule has 1 unspecified atom stereocenters. The van der Waals surface area contributed by atoms with Crippen molar-refractivity contribution in [2.75, 3.05) is 19.7 Å². The van der Waals surface area contributed by atoms with E-state index >= 15 is 0 Å². The van der Waals surface area contributed by atoms with Crippen LogP contribution >= 0.6 is 0 Å². The average molecular weight is 199 g/mol. The number of hydrogen-bond donors (Lipinski definition) is 1. The van der Waals surface area contributed by atoms with Crippen LogP contribution in [0.4, 0.5) is 0 Å². The maximum absolute atomic E-state index is 11.4. The van der Waals surface area contributed by atoms with Crippen molar-refractivity contribution in [1.29, 1.82) is 0 Å². The first kappa shape index (κ1) is 11.5. The van der Waals surface area contributed by atoms with Gasteiger partial charge in [-0.3, -0.25) is 4.79 Å². The minimum absolute atomic E-state index is 0.0361. The smallest absolute Gasteiger partial charge is 0.308 e. The summed E-state index contributed by atoms with van der Waals surface area (Å²) in [6.07, 6.45) is 3.38. The topological polar surface area (TPSA) is 38.3 Å². The second-order valence-electron chi connectivity index (χ2n) is 4.08. The van der Waals surface area contributed by atoms with E-state index in [1.807, 2.05) is 13.8 Å². The summed E-state index contributed by atoms with van der Waals surface area (Å²) in [7, 11) is 0. The molecule has 1 fully saturated rings. The summed E-state index contributed by atoms with van der Waals surface area (Å²) < 4.78 is 4.99. The van der Waals surface area contributed by atoms with Crippen LogP contribution in [0.5, 0.6) is 0 Å². The highest BCUT2D eigenvalue weighted by atomic mass is 16.5. The Labute approximate surface area is 86.2 Å². The predicted octanol–water partition coefficient (Wildman–Crippen LogP) is 1.58. The number of carbonyl (C=O) groups excluding carboxylic acids is 1. The van der Waals surface area contributed by atoms with Crippen molar-refractivity contribution in [3.63, 3.8) is 0 Å². The third-order valence-corrected chi connectivity index (χ3v) is 2.83. The van der Waals surface area contributed by atoms with Crippen LogP contribution in [0.1, 0.15) is 33.1 Å². The standard InChI is InChI=1S/C11H21NO2/c1-3-14-11(13)9(2)8-10-4-6-12-7-5-10/h9-10,12H,3-8H2,1-2H3. The Morgan fingerprint density at radius 2 is 2.14 bits per heavy atom. The summed E-state index contributed by atoms with van der Waals surface area (Å²) in [6, 6.07) is 0. The Hall–Kier alpha value is -0.570. The summed E-state index contributed by atoms with van der Waals surface area (Å²) >= 11 is 0. The molecule has 0 bridgehead atoms. The van der Waals surface area contributed by atoms with Gasteiger partial charge in [0.25, 0.3) is 0 Å². The summed E-state index contributed by atoms with van der Waals surface area (Å²) in [4.78, 5) is 11.4. The Bertz CT molecular complexity index is 176. The molecule has 0 radical (unpaired) electrons. The molecule has 1 rings (SSSR count). The number of ether oxygens (including phenoxy) is 1. The first-order valence-corrected chi connectivity index (χ1v) is 5.61. The lowest BCUT2D eigenvalue weighted by Crippen LogP contribution is -2.29. The summed E-state index contributed by atoms with van der Waals surface area (Å²) in [5, 5.41) is 3.33. The van der Waals surface area contributed by atoms with E-state index < -0.39 is 0 Å². The molecule has 1 aliphatic rings. The van der Waals surface area contributed by atoms with Gasteiger partial charge in [-0.1, -0.05) is 6.92 Å². The Balaban J connectivity index is 2.24. The maximum Gasteiger partial charge on any atom is 0.308 e. The molecule has 0 aromatic heterocycles. The van der Waals surface area contributed by atoms with E-state index in [-0.39, 0.29) is 11.9 Å². The number of esters is 1. The van der Waals surface area contributed by atoms with E-state index in [0.717, 1.165) is 19.5 Å². The molecule has 0 spiro atoms. The van der Waals surface area contributed by atoms with E-state index in [1.54, 1.807) is 0 Å². The molecule has 1 atom stereocenters. The Morgan fingerprint density at radius 1 is 1.50 bits per heavy atom. The zero-order valence-corrected chi connectivity index (χ0v) is 9.21. The van der Waals surface area contributed by atoms with Crippen LogP contribution in [0.2, 0.25) is 0 Å². The number of piperidine rings is 1. The molecule has 82 valence electrons. The van der Waals surface area contributed by atoms with Crippen LogP contribution < -0.4 is 5.32 Å². The minimum Gasteiger partial charge on any atom is -0.466 e. The van der Waals surface area contributed by atoms with Crippen LogP contribution in [0.3, 0.4) is 0 Å². The Kier molecular flexibility index (Phi) is 4.94. The zero-order valence-electron chi connectivity index (χ0n) is 9.21. The molecule has 0 aliphatic carbocycles. The first-order valence-electron chi connectivity index (χ1n) is 5.61. The molecule has 0 amide bonds. The van der Waals surface area contributed by atoms with Crippen molar-refractivity contribution in [3.8, 4) is 0 Å². The van der Waals surface area contributed by atoms with Crippen LogP contribution in [-0.4, -0.2) is 25.7 Å². The van der Waals surface area contributed by atoms with Gasteiger partial charge in [-0.25, -0.2) is 0 Å². The Morgan fingerprint density at radius 3 is 2.71 bits per heavy atom. The predicted molar refractivity (Wildman–Crippen MR) is 56.0 cm³/mol. The highest BCUT2D eigenvalue weighted by Crippen LogP contribution is 2.21. The van der Waals surface area contributed by atoms with Crippen molar-refractivity contribution in [1.82, 2.24) is 5.32 Å². The normalized spacial score (nSPS) is 20.4. The van der Waals surface area contributed by atoms with Crippen LogP contribution in [0.15, 0.2) is 0 Å². The van der Waals surface area contributed by atoms with Crippen molar-refractivity contribution >= 4 is 5.97 Å². The van der Waals surface area contributed by atoms with E-state index in [1.165, 1.54) is 12.8 Å². The molecule has 0 aromatic rings. The summed E-state index contributed by atoms with van der Waals surface area (Å²) in [5.41, 5.74) is 0. The van der Waals surface area contributed by atoms with E-state index in [9.17, 15) is 4.79 Å². The van der Waals surface area contributed by atoms with Gasteiger partial charge in [-0.15, -0.1) is 0 Å². The van der Waals surface area contributed by atoms with Gasteiger partial charge < -0.3 is 10.1 Å². The number of nitrogens with one attached hydrogen (secondary N) is 1. The minimum atomic E-state index is -0.0361. The van der Waals surface area contributed by atoms with Gasteiger partial charge >= 0.3 is 5.97 Å². The third-order valence-electron chi connectivity index (χ3n) is 2.83. The zero-order chi connectivity index (χ0) is 10.4. The van der Waals surface area contributed by atoms with Gasteiger partial charge in [0.2, 0.25) is 0 Å². The lowest BCUT2D eigenvalue weighted by atomic mass is 9.89. The van der Waals surface area contributed by atoms with E-state index in [0.29, 0.717) is 12.5 Å². The van der Waals surface area contributed by atoms with Crippen LogP contribution in [0, 0.1) is 11.8 Å². The maximum atomic E-state index is 11.4. The molecule has 14 heavy (non-hydrogen) atoms. The van der Waals surface area contributed by atoms with Gasteiger partial charge in [0, 0.05) is 0 Å². The average Bonchev–Trinajstić information content (AvgIpc) is 2.19. The third kappa shape index (κ3) is 3.66. The van der Waals surface area contributed by atoms with Gasteiger partial charge in [0.05, 0.1) is 12.5 Å². The van der Waals surface area contributed by atoms with E-state index in [4.69, 9.17) is 4.74 Å². The quantitative estimate of drug-likeness (QED) is 0.698. The summed E-state index contributed by atoms with van der Waals surface area (Å²) in [5.74, 6) is 0.736. The van der Waals surface area contributed by atoms with E-state index in [2.05, 4.69) is 5.32 Å². The molecule has 1 N–H and O–H groups in total. The fourth-order valence-electron chi connectivity index (χ4n) is 2.00. The molecule has 3 nitrogen and oxygen atoms in total. The molecule has 1 aliphatic heterocycles. The van der Waals surface area contributed by atoms with Gasteiger partial charge in [0.1, 0.15) is 0 Å². The number of rotatable bonds is 4. The first-order chi connectivity index (χ1) is 6.74. The highest BCUT2D eigenvalue weighted by molar-refractivity contribution is 5.71. The monoisotopic (exact) mass is 199 g/mol. The fraction of sp³-hybridized carbons (Fsp3) is 0.909.